The van der Waals surface area contributed by atoms with E-state index in [1.165, 1.54) is 28.1 Å². The maximum absolute atomic E-state index is 3.51. The summed E-state index contributed by atoms with van der Waals surface area (Å²) in [5.74, 6) is 0. The summed E-state index contributed by atoms with van der Waals surface area (Å²) in [4.78, 5) is 2.13. The number of hydrogen-bond acceptors (Lipinski definition) is 2. The molecule has 106 valence electrons. The smallest absolute Gasteiger partial charge is 0.0400 e. The van der Waals surface area contributed by atoms with Crippen LogP contribution in [0.15, 0.2) is 42.5 Å². The number of benzene rings is 2. The number of nitrogens with one attached hydrogen (secondary N) is 1. The molecule has 0 aliphatic rings. The molecule has 0 spiro atoms. The number of rotatable bonds is 5. The first-order chi connectivity index (χ1) is 9.60. The monoisotopic (exact) mass is 268 g/mol. The zero-order valence-corrected chi connectivity index (χ0v) is 12.9. The zero-order chi connectivity index (χ0) is 14.5. The van der Waals surface area contributed by atoms with Crippen molar-refractivity contribution in [1.82, 2.24) is 0 Å². The second kappa shape index (κ2) is 6.47. The van der Waals surface area contributed by atoms with Gasteiger partial charge in [-0.1, -0.05) is 31.2 Å². The van der Waals surface area contributed by atoms with Gasteiger partial charge in [-0.15, -0.1) is 0 Å². The lowest BCUT2D eigenvalue weighted by molar-refractivity contribution is 1.10. The second-order valence-electron chi connectivity index (χ2n) is 5.42. The normalized spacial score (nSPS) is 10.4. The van der Waals surface area contributed by atoms with Crippen molar-refractivity contribution >= 4 is 11.4 Å². The van der Waals surface area contributed by atoms with E-state index < -0.39 is 0 Å². The Labute approximate surface area is 122 Å². The maximum Gasteiger partial charge on any atom is 0.0400 e. The van der Waals surface area contributed by atoms with Crippen LogP contribution in [-0.2, 0) is 13.0 Å². The van der Waals surface area contributed by atoms with Gasteiger partial charge in [0.05, 0.1) is 0 Å². The molecule has 0 heterocycles. The second-order valence-corrected chi connectivity index (χ2v) is 5.42. The molecular weight excluding hydrogens is 244 g/mol. The van der Waals surface area contributed by atoms with Crippen LogP contribution in [0.25, 0.3) is 0 Å². The highest BCUT2D eigenvalue weighted by molar-refractivity contribution is 5.59. The van der Waals surface area contributed by atoms with E-state index in [0.29, 0.717) is 0 Å². The summed E-state index contributed by atoms with van der Waals surface area (Å²) in [6.07, 6.45) is 1.10. The number of nitrogens with zero attached hydrogens (tertiary/aromatic N) is 1. The van der Waals surface area contributed by atoms with Crippen LogP contribution in [0.1, 0.15) is 23.6 Å². The van der Waals surface area contributed by atoms with E-state index in [9.17, 15) is 0 Å². The van der Waals surface area contributed by atoms with Crippen molar-refractivity contribution in [2.75, 3.05) is 24.3 Å². The first kappa shape index (κ1) is 14.4. The van der Waals surface area contributed by atoms with Gasteiger partial charge in [-0.05, 0) is 48.2 Å². The average molecular weight is 268 g/mol. The van der Waals surface area contributed by atoms with Crippen molar-refractivity contribution in [3.8, 4) is 0 Å². The molecule has 2 rings (SSSR count). The Morgan fingerprint density at radius 3 is 2.15 bits per heavy atom. The van der Waals surface area contributed by atoms with Crippen molar-refractivity contribution in [3.63, 3.8) is 0 Å². The summed E-state index contributed by atoms with van der Waals surface area (Å²) in [6.45, 7) is 5.20. The zero-order valence-electron chi connectivity index (χ0n) is 12.9. The predicted molar refractivity (Wildman–Crippen MR) is 88.7 cm³/mol. The fraction of sp³-hybridized carbons (Fsp3) is 0.333. The van der Waals surface area contributed by atoms with E-state index >= 15 is 0 Å². The Morgan fingerprint density at radius 1 is 0.950 bits per heavy atom. The third-order valence-corrected chi connectivity index (χ3v) is 3.64. The quantitative estimate of drug-likeness (QED) is 0.872. The molecule has 0 aliphatic carbocycles. The molecule has 0 unspecified atom stereocenters. The summed E-state index contributed by atoms with van der Waals surface area (Å²) in [7, 11) is 4.13. The van der Waals surface area contributed by atoms with Gasteiger partial charge >= 0.3 is 0 Å². The van der Waals surface area contributed by atoms with Gasteiger partial charge < -0.3 is 10.2 Å². The lowest BCUT2D eigenvalue weighted by Crippen LogP contribution is -2.09. The Bertz CT molecular complexity index is 556. The van der Waals surface area contributed by atoms with E-state index in [2.05, 4.69) is 80.6 Å². The SMILES string of the molecule is CCc1ccc(CNc2ccc(N(C)C)cc2C)cc1. The molecule has 2 aromatic carbocycles. The molecular formula is C18H24N2. The molecule has 0 fully saturated rings. The first-order valence-corrected chi connectivity index (χ1v) is 7.20. The van der Waals surface area contributed by atoms with Crippen LogP contribution in [0.3, 0.4) is 0 Å². The molecule has 0 bridgehead atoms. The van der Waals surface area contributed by atoms with Gasteiger partial charge in [-0.25, -0.2) is 0 Å². The van der Waals surface area contributed by atoms with Crippen LogP contribution >= 0.6 is 0 Å². The summed E-state index contributed by atoms with van der Waals surface area (Å²) >= 11 is 0. The Kier molecular flexibility index (Phi) is 4.67. The highest BCUT2D eigenvalue weighted by atomic mass is 15.1. The van der Waals surface area contributed by atoms with Crippen molar-refractivity contribution in [2.24, 2.45) is 0 Å². The lowest BCUT2D eigenvalue weighted by Gasteiger charge is -2.16. The van der Waals surface area contributed by atoms with Crippen LogP contribution < -0.4 is 10.2 Å². The van der Waals surface area contributed by atoms with E-state index in [-0.39, 0.29) is 0 Å². The van der Waals surface area contributed by atoms with Gasteiger partial charge in [0.2, 0.25) is 0 Å². The number of hydrogen-bond donors (Lipinski definition) is 1. The largest absolute Gasteiger partial charge is 0.381 e. The summed E-state index contributed by atoms with van der Waals surface area (Å²) in [6, 6.07) is 15.3. The van der Waals surface area contributed by atoms with Crippen molar-refractivity contribution in [2.45, 2.75) is 26.8 Å². The van der Waals surface area contributed by atoms with Crippen LogP contribution in [0, 0.1) is 6.92 Å². The summed E-state index contributed by atoms with van der Waals surface area (Å²) in [5.41, 5.74) is 6.43. The molecule has 0 aromatic heterocycles. The molecule has 0 radical (unpaired) electrons. The standard InChI is InChI=1S/C18H24N2/c1-5-15-6-8-16(9-7-15)13-19-18-11-10-17(20(3)4)12-14(18)2/h6-12,19H,5,13H2,1-4H3. The molecule has 0 aliphatic heterocycles. The van der Waals surface area contributed by atoms with Gasteiger partial charge in [-0.2, -0.15) is 0 Å². The Hall–Kier alpha value is -1.96. The van der Waals surface area contributed by atoms with Crippen LogP contribution in [0.5, 0.6) is 0 Å². The van der Waals surface area contributed by atoms with Gasteiger partial charge in [0.15, 0.2) is 0 Å². The van der Waals surface area contributed by atoms with Gasteiger partial charge in [-0.3, -0.25) is 0 Å². The predicted octanol–water partition coefficient (Wildman–Crippen LogP) is 4.24. The van der Waals surface area contributed by atoms with Crippen molar-refractivity contribution in [3.05, 3.63) is 59.2 Å². The molecule has 0 saturated heterocycles. The third kappa shape index (κ3) is 3.53. The first-order valence-electron chi connectivity index (χ1n) is 7.20. The number of aryl methyl sites for hydroxylation is 2. The molecule has 20 heavy (non-hydrogen) atoms. The van der Waals surface area contributed by atoms with Crippen LogP contribution in [0.4, 0.5) is 11.4 Å². The fourth-order valence-electron chi connectivity index (χ4n) is 2.21. The molecule has 0 amide bonds. The van der Waals surface area contributed by atoms with Gasteiger partial charge in [0.25, 0.3) is 0 Å². The topological polar surface area (TPSA) is 15.3 Å². The minimum atomic E-state index is 0.867. The van der Waals surface area contributed by atoms with E-state index in [0.717, 1.165) is 13.0 Å². The van der Waals surface area contributed by atoms with E-state index in [1.807, 2.05) is 0 Å². The molecule has 2 nitrogen and oxygen atoms in total. The third-order valence-electron chi connectivity index (χ3n) is 3.64. The van der Waals surface area contributed by atoms with Gasteiger partial charge in [0.1, 0.15) is 0 Å². The minimum Gasteiger partial charge on any atom is -0.381 e. The van der Waals surface area contributed by atoms with Crippen molar-refractivity contribution in [1.29, 1.82) is 0 Å². The summed E-state index contributed by atoms with van der Waals surface area (Å²) in [5, 5.41) is 3.51. The molecule has 0 atom stereocenters. The molecule has 1 N–H and O–H groups in total. The fourth-order valence-corrected chi connectivity index (χ4v) is 2.21. The molecule has 2 aromatic rings. The summed E-state index contributed by atoms with van der Waals surface area (Å²) < 4.78 is 0. The van der Waals surface area contributed by atoms with Crippen molar-refractivity contribution < 1.29 is 0 Å². The molecule has 2 heteroatoms. The highest BCUT2D eigenvalue weighted by Crippen LogP contribution is 2.21. The maximum atomic E-state index is 3.51. The van der Waals surface area contributed by atoms with Crippen LogP contribution in [-0.4, -0.2) is 14.1 Å². The van der Waals surface area contributed by atoms with Crippen LogP contribution in [0.2, 0.25) is 0 Å². The minimum absolute atomic E-state index is 0.867. The number of anilines is 2. The molecule has 0 saturated carbocycles. The van der Waals surface area contributed by atoms with E-state index in [1.54, 1.807) is 0 Å². The Balaban J connectivity index is 2.03. The lowest BCUT2D eigenvalue weighted by atomic mass is 10.1. The van der Waals surface area contributed by atoms with Gasteiger partial charge in [0, 0.05) is 32.0 Å². The average Bonchev–Trinajstić information content (AvgIpc) is 2.46. The van der Waals surface area contributed by atoms with E-state index in [4.69, 9.17) is 0 Å². The highest BCUT2D eigenvalue weighted by Gasteiger charge is 2.01. The Morgan fingerprint density at radius 2 is 1.60 bits per heavy atom.